The van der Waals surface area contributed by atoms with E-state index in [4.69, 9.17) is 28.4 Å². The van der Waals surface area contributed by atoms with Crippen molar-refractivity contribution in [2.75, 3.05) is 6.61 Å². The van der Waals surface area contributed by atoms with Crippen molar-refractivity contribution in [3.05, 3.63) is 174 Å². The van der Waals surface area contributed by atoms with Gasteiger partial charge in [0.05, 0.1) is 27.9 Å². The summed E-state index contributed by atoms with van der Waals surface area (Å²) in [5.41, 5.74) is -0.0451. The molecule has 11 nitrogen and oxygen atoms in total. The summed E-state index contributed by atoms with van der Waals surface area (Å²) in [4.78, 5) is 57.7. The highest BCUT2D eigenvalue weighted by Crippen LogP contribution is 2.34. The lowest BCUT2D eigenvalue weighted by Crippen LogP contribution is -2.63. The number of benzene rings is 5. The molecular weight excluding hydrogens is 735 g/mol. The molecule has 0 amide bonds. The number of aliphatic imine (C=N–C) groups is 1. The Morgan fingerprint density at radius 3 is 1.30 bits per heavy atom. The highest BCUT2D eigenvalue weighted by Gasteiger charge is 2.56. The minimum atomic E-state index is -5.24. The molecule has 5 aromatic carbocycles. The zero-order valence-corrected chi connectivity index (χ0v) is 29.2. The molecule has 3 unspecified atom stereocenters. The second kappa shape index (κ2) is 18.0. The third-order valence-corrected chi connectivity index (χ3v) is 8.19. The first-order chi connectivity index (χ1) is 27.1. The van der Waals surface area contributed by atoms with Gasteiger partial charge in [-0.05, 0) is 60.7 Å². The lowest BCUT2D eigenvalue weighted by atomic mass is 9.97. The summed E-state index contributed by atoms with van der Waals surface area (Å²) >= 11 is 0. The highest BCUT2D eigenvalue weighted by atomic mass is 19.4. The lowest BCUT2D eigenvalue weighted by Gasteiger charge is -2.44. The van der Waals surface area contributed by atoms with Crippen LogP contribution >= 0.6 is 0 Å². The van der Waals surface area contributed by atoms with Crippen molar-refractivity contribution in [2.24, 2.45) is 4.99 Å². The molecule has 1 fully saturated rings. The summed E-state index contributed by atoms with van der Waals surface area (Å²) in [7, 11) is 0. The summed E-state index contributed by atoms with van der Waals surface area (Å²) in [5, 5.41) is 0. The second-order valence-corrected chi connectivity index (χ2v) is 12.1. The maximum atomic E-state index is 14.7. The molecule has 0 aliphatic carbocycles. The zero-order valence-electron chi connectivity index (χ0n) is 29.2. The van der Waals surface area contributed by atoms with Crippen LogP contribution in [-0.4, -0.2) is 73.3 Å². The molecule has 1 saturated heterocycles. The minimum Gasteiger partial charge on any atom is -0.459 e. The summed E-state index contributed by atoms with van der Waals surface area (Å²) < 4.78 is 78.6. The number of ether oxygens (including phenoxy) is 6. The summed E-state index contributed by atoms with van der Waals surface area (Å²) in [5.74, 6) is -5.77. The number of hydrogen-bond acceptors (Lipinski definition) is 11. The molecule has 0 spiro atoms. The fourth-order valence-electron chi connectivity index (χ4n) is 5.51. The molecule has 6 rings (SSSR count). The van der Waals surface area contributed by atoms with E-state index in [0.717, 1.165) is 0 Å². The van der Waals surface area contributed by atoms with Gasteiger partial charge in [0.15, 0.2) is 12.2 Å². The second-order valence-electron chi connectivity index (χ2n) is 12.1. The minimum absolute atomic E-state index is 0.00796. The van der Waals surface area contributed by atoms with E-state index in [-0.39, 0.29) is 27.9 Å². The van der Waals surface area contributed by atoms with Crippen LogP contribution < -0.4 is 0 Å². The van der Waals surface area contributed by atoms with Gasteiger partial charge in [0.2, 0.25) is 12.4 Å². The molecule has 1 heterocycles. The molecule has 0 aromatic heterocycles. The van der Waals surface area contributed by atoms with Crippen molar-refractivity contribution in [3.8, 4) is 0 Å². The SMILES string of the molecule is O=C(OCC1O[C@@H](OC(=Nc2ccccc2)C(F)(F)F)C(OC(=O)c2ccccc2)C(OC(=O)c2ccccc2)[C@H]1OC(=O)c1ccccc1)c1ccccc1. The average Bonchev–Trinajstić information content (AvgIpc) is 3.22. The Bertz CT molecular complexity index is 2120. The fraction of sp³-hybridized carbons (Fsp3) is 0.167. The van der Waals surface area contributed by atoms with E-state index < -0.39 is 73.3 Å². The average molecular weight is 768 g/mol. The van der Waals surface area contributed by atoms with Crippen LogP contribution in [0.5, 0.6) is 0 Å². The highest BCUT2D eigenvalue weighted by molar-refractivity contribution is 5.92. The van der Waals surface area contributed by atoms with Gasteiger partial charge >= 0.3 is 30.1 Å². The van der Waals surface area contributed by atoms with Gasteiger partial charge in [-0.2, -0.15) is 13.2 Å². The van der Waals surface area contributed by atoms with E-state index >= 15 is 0 Å². The van der Waals surface area contributed by atoms with Crippen LogP contribution in [0.25, 0.3) is 0 Å². The first kappa shape index (κ1) is 38.9. The largest absolute Gasteiger partial charge is 0.468 e. The number of esters is 4. The van der Waals surface area contributed by atoms with Gasteiger partial charge < -0.3 is 28.4 Å². The Kier molecular flexibility index (Phi) is 12.5. The van der Waals surface area contributed by atoms with Crippen molar-refractivity contribution in [1.29, 1.82) is 0 Å². The van der Waals surface area contributed by atoms with Crippen LogP contribution in [0.3, 0.4) is 0 Å². The molecule has 14 heteroatoms. The number of carbonyl (C=O) groups excluding carboxylic acids is 4. The van der Waals surface area contributed by atoms with Gasteiger partial charge in [-0.15, -0.1) is 0 Å². The van der Waals surface area contributed by atoms with Crippen molar-refractivity contribution in [2.45, 2.75) is 36.9 Å². The number of alkyl halides is 3. The Morgan fingerprint density at radius 2 is 0.875 bits per heavy atom. The van der Waals surface area contributed by atoms with Gasteiger partial charge in [-0.1, -0.05) is 91.0 Å². The van der Waals surface area contributed by atoms with E-state index in [1.54, 1.807) is 54.6 Å². The number of nitrogens with zero attached hydrogens (tertiary/aromatic N) is 1. The number of halogens is 3. The van der Waals surface area contributed by atoms with E-state index in [0.29, 0.717) is 0 Å². The maximum absolute atomic E-state index is 14.7. The first-order valence-corrected chi connectivity index (χ1v) is 17.1. The summed E-state index contributed by atoms with van der Waals surface area (Å²) in [6.45, 7) is -0.768. The third kappa shape index (κ3) is 10.0. The third-order valence-electron chi connectivity index (χ3n) is 8.19. The predicted molar refractivity (Wildman–Crippen MR) is 193 cm³/mol. The van der Waals surface area contributed by atoms with Crippen LogP contribution in [-0.2, 0) is 28.4 Å². The number of carbonyl (C=O) groups is 4. The monoisotopic (exact) mass is 767 g/mol. The Balaban J connectivity index is 1.46. The van der Waals surface area contributed by atoms with Gasteiger partial charge in [-0.25, -0.2) is 24.2 Å². The summed E-state index contributed by atoms with van der Waals surface area (Å²) in [6.07, 6.45) is -15.0. The smallest absolute Gasteiger partial charge is 0.459 e. The Morgan fingerprint density at radius 1 is 0.500 bits per heavy atom. The van der Waals surface area contributed by atoms with Crippen LogP contribution in [0.15, 0.2) is 157 Å². The van der Waals surface area contributed by atoms with Crippen molar-refractivity contribution in [3.63, 3.8) is 0 Å². The lowest BCUT2D eigenvalue weighted by molar-refractivity contribution is -0.283. The van der Waals surface area contributed by atoms with E-state index in [1.165, 1.54) is 97.1 Å². The first-order valence-electron chi connectivity index (χ1n) is 17.1. The van der Waals surface area contributed by atoms with Crippen LogP contribution in [0.1, 0.15) is 41.4 Å². The molecule has 1 aliphatic heterocycles. The predicted octanol–water partition coefficient (Wildman–Crippen LogP) is 7.55. The normalized spacial score (nSPS) is 19.6. The molecule has 5 aromatic rings. The quantitative estimate of drug-likeness (QED) is 0.0574. The standard InChI is InChI=1S/C42H32F3NO10/c43-42(44,45)41(46-31-24-14-5-15-25-31)56-40-35(55-39(50)30-22-12-4-13-23-30)34(54-38(49)29-20-10-3-11-21-29)33(53-37(48)28-18-8-2-9-19-28)32(52-40)26-51-36(47)27-16-6-1-7-17-27/h1-25,32-35,40H,26H2/t32?,33-,34?,35?,40-/m0/s1. The van der Waals surface area contributed by atoms with Crippen LogP contribution in [0.4, 0.5) is 18.9 Å². The van der Waals surface area contributed by atoms with E-state index in [9.17, 15) is 32.3 Å². The van der Waals surface area contributed by atoms with Gasteiger partial charge in [0.25, 0.3) is 5.90 Å². The van der Waals surface area contributed by atoms with Crippen molar-refractivity contribution < 1.29 is 60.8 Å². The molecule has 1 aliphatic rings. The molecule has 0 radical (unpaired) electrons. The number of hydrogen-bond donors (Lipinski definition) is 0. The zero-order chi connectivity index (χ0) is 39.5. The topological polar surface area (TPSA) is 136 Å². The molecule has 0 saturated carbocycles. The molecule has 286 valence electrons. The van der Waals surface area contributed by atoms with Gasteiger partial charge in [-0.3, -0.25) is 0 Å². The van der Waals surface area contributed by atoms with Crippen molar-refractivity contribution in [1.82, 2.24) is 0 Å². The van der Waals surface area contributed by atoms with Gasteiger partial charge in [0, 0.05) is 0 Å². The molecule has 0 bridgehead atoms. The van der Waals surface area contributed by atoms with Gasteiger partial charge in [0.1, 0.15) is 12.7 Å². The molecule has 5 atom stereocenters. The van der Waals surface area contributed by atoms with Crippen molar-refractivity contribution >= 4 is 35.5 Å². The Labute approximate surface area is 318 Å². The Hall–Kier alpha value is -6.80. The fourth-order valence-corrected chi connectivity index (χ4v) is 5.51. The van der Waals surface area contributed by atoms with Crippen LogP contribution in [0.2, 0.25) is 0 Å². The molecule has 0 N–H and O–H groups in total. The number of rotatable bonds is 11. The van der Waals surface area contributed by atoms with Crippen LogP contribution in [0, 0.1) is 0 Å². The van der Waals surface area contributed by atoms with E-state index in [2.05, 4.69) is 4.99 Å². The number of para-hydroxylation sites is 1. The van der Waals surface area contributed by atoms with E-state index in [1.807, 2.05) is 0 Å². The maximum Gasteiger partial charge on any atom is 0.468 e. The summed E-state index contributed by atoms with van der Waals surface area (Å²) in [6, 6.07) is 37.3. The molecular formula is C42H32F3NO10. The molecule has 56 heavy (non-hydrogen) atoms.